The van der Waals surface area contributed by atoms with E-state index in [0.717, 1.165) is 46.4 Å². The molecule has 0 aliphatic heterocycles. The molecular formula is C19H16BrN3O. The van der Waals surface area contributed by atoms with E-state index >= 15 is 0 Å². The van der Waals surface area contributed by atoms with Gasteiger partial charge in [0.2, 0.25) is 0 Å². The van der Waals surface area contributed by atoms with Crippen molar-refractivity contribution in [2.45, 2.75) is 19.3 Å². The highest BCUT2D eigenvalue weighted by atomic mass is 79.9. The number of carbonyl (C=O) groups excluding carboxylic acids is 1. The second-order valence-corrected chi connectivity index (χ2v) is 6.75. The predicted molar refractivity (Wildman–Crippen MR) is 97.7 cm³/mol. The molecule has 4 nitrogen and oxygen atoms in total. The topological polar surface area (TPSA) is 46.9 Å². The Kier molecular flexibility index (Phi) is 3.94. The Bertz CT molecular complexity index is 885. The van der Waals surface area contributed by atoms with Crippen molar-refractivity contribution in [3.8, 4) is 5.69 Å². The minimum atomic E-state index is -0.148. The molecule has 1 aromatic heterocycles. The monoisotopic (exact) mass is 381 g/mol. The van der Waals surface area contributed by atoms with E-state index in [4.69, 9.17) is 0 Å². The molecule has 0 fully saturated rings. The molecule has 1 heterocycles. The number of hydrogen-bond donors (Lipinski definition) is 1. The van der Waals surface area contributed by atoms with Crippen LogP contribution < -0.4 is 5.32 Å². The number of benzene rings is 2. The van der Waals surface area contributed by atoms with Crippen molar-refractivity contribution >= 4 is 27.5 Å². The van der Waals surface area contributed by atoms with E-state index < -0.39 is 0 Å². The van der Waals surface area contributed by atoms with Crippen molar-refractivity contribution in [1.29, 1.82) is 0 Å². The van der Waals surface area contributed by atoms with Crippen molar-refractivity contribution in [2.24, 2.45) is 0 Å². The fourth-order valence-corrected chi connectivity index (χ4v) is 3.39. The number of rotatable bonds is 3. The molecule has 0 saturated heterocycles. The van der Waals surface area contributed by atoms with E-state index in [0.29, 0.717) is 5.69 Å². The van der Waals surface area contributed by atoms with Gasteiger partial charge in [-0.15, -0.1) is 0 Å². The van der Waals surface area contributed by atoms with Gasteiger partial charge in [0.1, 0.15) is 0 Å². The summed E-state index contributed by atoms with van der Waals surface area (Å²) in [6.45, 7) is 0. The van der Waals surface area contributed by atoms with Crippen molar-refractivity contribution in [3.05, 3.63) is 76.0 Å². The summed E-state index contributed by atoms with van der Waals surface area (Å²) >= 11 is 3.40. The number of aromatic nitrogens is 2. The van der Waals surface area contributed by atoms with Crippen LogP contribution in [0.4, 0.5) is 5.69 Å². The maximum atomic E-state index is 12.7. The minimum absolute atomic E-state index is 0.148. The average molecular weight is 382 g/mol. The fraction of sp³-hybridized carbons (Fsp3) is 0.158. The molecule has 0 radical (unpaired) electrons. The van der Waals surface area contributed by atoms with Gasteiger partial charge >= 0.3 is 0 Å². The first-order chi connectivity index (χ1) is 11.7. The normalized spacial score (nSPS) is 12.9. The Morgan fingerprint density at radius 2 is 1.79 bits per heavy atom. The van der Waals surface area contributed by atoms with Crippen LogP contribution in [-0.2, 0) is 12.8 Å². The molecule has 2 aromatic carbocycles. The maximum Gasteiger partial charge on any atom is 0.276 e. The average Bonchev–Trinajstić information content (AvgIpc) is 3.20. The van der Waals surface area contributed by atoms with Gasteiger partial charge in [-0.25, -0.2) is 4.68 Å². The van der Waals surface area contributed by atoms with Gasteiger partial charge in [-0.3, -0.25) is 4.79 Å². The van der Waals surface area contributed by atoms with Crippen LogP contribution in [0.3, 0.4) is 0 Å². The lowest BCUT2D eigenvalue weighted by atomic mass is 10.2. The molecule has 24 heavy (non-hydrogen) atoms. The van der Waals surface area contributed by atoms with E-state index in [1.807, 2.05) is 59.3 Å². The first-order valence-electron chi connectivity index (χ1n) is 7.95. The molecule has 1 N–H and O–H groups in total. The largest absolute Gasteiger partial charge is 0.321 e. The van der Waals surface area contributed by atoms with Crippen molar-refractivity contribution in [2.75, 3.05) is 5.32 Å². The summed E-state index contributed by atoms with van der Waals surface area (Å²) in [5.74, 6) is -0.148. The van der Waals surface area contributed by atoms with Crippen LogP contribution in [0.5, 0.6) is 0 Å². The van der Waals surface area contributed by atoms with Gasteiger partial charge in [0.05, 0.1) is 5.69 Å². The van der Waals surface area contributed by atoms with Gasteiger partial charge in [0.25, 0.3) is 5.91 Å². The molecule has 120 valence electrons. The molecular weight excluding hydrogens is 366 g/mol. The van der Waals surface area contributed by atoms with Gasteiger partial charge in [-0.05, 0) is 55.7 Å². The van der Waals surface area contributed by atoms with Crippen LogP contribution in [0.1, 0.15) is 28.2 Å². The third kappa shape index (κ3) is 2.76. The van der Waals surface area contributed by atoms with E-state index in [1.165, 1.54) is 0 Å². The molecule has 4 rings (SSSR count). The molecule has 3 aromatic rings. The third-order valence-electron chi connectivity index (χ3n) is 4.25. The van der Waals surface area contributed by atoms with Crippen LogP contribution >= 0.6 is 15.9 Å². The van der Waals surface area contributed by atoms with Crippen LogP contribution in [0.2, 0.25) is 0 Å². The van der Waals surface area contributed by atoms with Gasteiger partial charge in [-0.1, -0.05) is 34.1 Å². The number of para-hydroxylation sites is 1. The molecule has 0 atom stereocenters. The Morgan fingerprint density at radius 1 is 1.04 bits per heavy atom. The molecule has 1 aliphatic carbocycles. The van der Waals surface area contributed by atoms with Gasteiger partial charge in [-0.2, -0.15) is 5.10 Å². The number of halogens is 1. The Balaban J connectivity index is 1.68. The lowest BCUT2D eigenvalue weighted by molar-refractivity contribution is 0.102. The Morgan fingerprint density at radius 3 is 2.54 bits per heavy atom. The second-order valence-electron chi connectivity index (χ2n) is 5.84. The molecule has 0 spiro atoms. The zero-order chi connectivity index (χ0) is 16.5. The maximum absolute atomic E-state index is 12.7. The number of amides is 1. The number of fused-ring (bicyclic) bond motifs is 1. The van der Waals surface area contributed by atoms with Gasteiger partial charge < -0.3 is 5.32 Å². The number of nitrogens with zero attached hydrogens (tertiary/aromatic N) is 2. The zero-order valence-corrected chi connectivity index (χ0v) is 14.6. The van der Waals surface area contributed by atoms with Gasteiger partial charge in [0.15, 0.2) is 5.69 Å². The van der Waals surface area contributed by atoms with E-state index in [9.17, 15) is 4.79 Å². The summed E-state index contributed by atoms with van der Waals surface area (Å²) in [5.41, 5.74) is 4.53. The van der Waals surface area contributed by atoms with Gasteiger partial charge in [0, 0.05) is 21.4 Å². The third-order valence-corrected chi connectivity index (χ3v) is 4.78. The first-order valence-corrected chi connectivity index (χ1v) is 8.75. The van der Waals surface area contributed by atoms with Crippen LogP contribution in [-0.4, -0.2) is 15.7 Å². The lowest BCUT2D eigenvalue weighted by Gasteiger charge is -2.05. The van der Waals surface area contributed by atoms with Crippen molar-refractivity contribution in [1.82, 2.24) is 9.78 Å². The lowest BCUT2D eigenvalue weighted by Crippen LogP contribution is -2.14. The molecule has 1 amide bonds. The van der Waals surface area contributed by atoms with Crippen molar-refractivity contribution < 1.29 is 4.79 Å². The molecule has 1 aliphatic rings. The summed E-state index contributed by atoms with van der Waals surface area (Å²) < 4.78 is 2.90. The van der Waals surface area contributed by atoms with Crippen molar-refractivity contribution in [3.63, 3.8) is 0 Å². The van der Waals surface area contributed by atoms with Crippen LogP contribution in [0.15, 0.2) is 59.1 Å². The van der Waals surface area contributed by atoms with Crippen LogP contribution in [0, 0.1) is 0 Å². The zero-order valence-electron chi connectivity index (χ0n) is 13.0. The highest BCUT2D eigenvalue weighted by Crippen LogP contribution is 2.28. The highest BCUT2D eigenvalue weighted by Gasteiger charge is 2.26. The SMILES string of the molecule is O=C(Nc1ccc(Br)cc1)c1nn(-c2ccccc2)c2c1CCC2. The molecule has 0 saturated carbocycles. The molecule has 0 bridgehead atoms. The van der Waals surface area contributed by atoms with E-state index in [2.05, 4.69) is 26.3 Å². The first kappa shape index (κ1) is 15.1. The number of anilines is 1. The Hall–Kier alpha value is -2.40. The summed E-state index contributed by atoms with van der Waals surface area (Å²) in [7, 11) is 0. The summed E-state index contributed by atoms with van der Waals surface area (Å²) in [4.78, 5) is 12.7. The standard InChI is InChI=1S/C19H16BrN3O/c20-13-9-11-14(12-10-13)21-19(24)18-16-7-4-8-17(16)23(22-18)15-5-2-1-3-6-15/h1-3,5-6,9-12H,4,7-8H2,(H,21,24). The second kappa shape index (κ2) is 6.24. The van der Waals surface area contributed by atoms with Crippen LogP contribution in [0.25, 0.3) is 5.69 Å². The van der Waals surface area contributed by atoms with E-state index in [1.54, 1.807) is 0 Å². The summed E-state index contributed by atoms with van der Waals surface area (Å²) in [6.07, 6.45) is 2.94. The highest BCUT2D eigenvalue weighted by molar-refractivity contribution is 9.10. The summed E-state index contributed by atoms with van der Waals surface area (Å²) in [6, 6.07) is 17.5. The summed E-state index contributed by atoms with van der Waals surface area (Å²) in [5, 5.41) is 7.56. The predicted octanol–water partition coefficient (Wildman–Crippen LogP) is 4.38. The smallest absolute Gasteiger partial charge is 0.276 e. The minimum Gasteiger partial charge on any atom is -0.321 e. The Labute approximate surface area is 148 Å². The fourth-order valence-electron chi connectivity index (χ4n) is 3.13. The number of hydrogen-bond acceptors (Lipinski definition) is 2. The number of carbonyl (C=O) groups is 1. The quantitative estimate of drug-likeness (QED) is 0.731. The molecule has 5 heteroatoms. The molecule has 0 unspecified atom stereocenters. The van der Waals surface area contributed by atoms with E-state index in [-0.39, 0.29) is 5.91 Å². The number of nitrogens with one attached hydrogen (secondary N) is 1.